The lowest BCUT2D eigenvalue weighted by atomic mass is 9.83. The third-order valence-electron chi connectivity index (χ3n) is 2.67. The molecule has 18 heavy (non-hydrogen) atoms. The highest BCUT2D eigenvalue weighted by Gasteiger charge is 2.32. The van der Waals surface area contributed by atoms with E-state index in [-0.39, 0.29) is 12.3 Å². The topological polar surface area (TPSA) is 55.5 Å². The number of alkyl halides is 3. The maximum atomic E-state index is 12.1. The molecule has 0 spiro atoms. The zero-order valence-electron chi connectivity index (χ0n) is 10.2. The molecule has 0 aliphatic heterocycles. The number of ether oxygens (including phenoxy) is 1. The van der Waals surface area contributed by atoms with E-state index >= 15 is 0 Å². The van der Waals surface area contributed by atoms with Crippen LogP contribution in [0.3, 0.4) is 0 Å². The first-order valence-corrected chi connectivity index (χ1v) is 5.39. The normalized spacial score (nSPS) is 14.4. The second-order valence-corrected chi connectivity index (χ2v) is 4.72. The van der Waals surface area contributed by atoms with Crippen molar-refractivity contribution in [3.8, 4) is 5.75 Å². The summed E-state index contributed by atoms with van der Waals surface area (Å²) in [5.74, 6) is -0.355. The predicted octanol–water partition coefficient (Wildman–Crippen LogP) is 2.60. The maximum absolute atomic E-state index is 12.1. The molecule has 6 heteroatoms. The van der Waals surface area contributed by atoms with Gasteiger partial charge in [-0.15, -0.1) is 13.2 Å². The molecule has 0 amide bonds. The van der Waals surface area contributed by atoms with Gasteiger partial charge in [-0.25, -0.2) is 0 Å². The van der Waals surface area contributed by atoms with Gasteiger partial charge in [-0.2, -0.15) is 0 Å². The van der Waals surface area contributed by atoms with E-state index in [4.69, 9.17) is 5.73 Å². The second kappa shape index (κ2) is 5.16. The van der Waals surface area contributed by atoms with Gasteiger partial charge in [0.25, 0.3) is 0 Å². The predicted molar refractivity (Wildman–Crippen MR) is 60.9 cm³/mol. The lowest BCUT2D eigenvalue weighted by Crippen LogP contribution is -2.30. The fraction of sp³-hybridized carbons (Fsp3) is 0.500. The molecule has 0 saturated heterocycles. The van der Waals surface area contributed by atoms with Gasteiger partial charge in [-0.3, -0.25) is 0 Å². The van der Waals surface area contributed by atoms with Crippen LogP contribution in [0.1, 0.15) is 25.5 Å². The number of aliphatic hydroxyl groups is 1. The van der Waals surface area contributed by atoms with Gasteiger partial charge in [0.1, 0.15) is 5.75 Å². The van der Waals surface area contributed by atoms with Crippen LogP contribution < -0.4 is 10.5 Å². The summed E-state index contributed by atoms with van der Waals surface area (Å²) in [6.45, 7) is 3.67. The van der Waals surface area contributed by atoms with Crippen LogP contribution >= 0.6 is 0 Å². The Balaban J connectivity index is 2.95. The van der Waals surface area contributed by atoms with E-state index in [1.807, 2.05) is 0 Å². The molecule has 0 fully saturated rings. The monoisotopic (exact) mass is 263 g/mol. The number of benzene rings is 1. The molecule has 0 saturated carbocycles. The molecule has 0 radical (unpaired) electrons. The van der Waals surface area contributed by atoms with E-state index in [1.165, 1.54) is 18.2 Å². The van der Waals surface area contributed by atoms with Crippen LogP contribution in [0.15, 0.2) is 24.3 Å². The minimum atomic E-state index is -4.74. The van der Waals surface area contributed by atoms with Gasteiger partial charge in [-0.05, 0) is 17.7 Å². The van der Waals surface area contributed by atoms with Crippen LogP contribution in [0.25, 0.3) is 0 Å². The van der Waals surface area contributed by atoms with Crippen LogP contribution in [0.2, 0.25) is 0 Å². The molecule has 1 atom stereocenters. The van der Waals surface area contributed by atoms with Crippen molar-refractivity contribution < 1.29 is 23.0 Å². The minimum absolute atomic E-state index is 0.207. The van der Waals surface area contributed by atoms with E-state index in [9.17, 15) is 18.3 Å². The summed E-state index contributed by atoms with van der Waals surface area (Å²) in [6, 6.07) is 5.27. The molecular formula is C12H16F3NO2. The SMILES string of the molecule is CC(C)(CN)C(O)c1cccc(OC(F)(F)F)c1. The summed E-state index contributed by atoms with van der Waals surface area (Å²) >= 11 is 0. The summed E-state index contributed by atoms with van der Waals surface area (Å²) in [5, 5.41) is 10.1. The Morgan fingerprint density at radius 1 is 1.33 bits per heavy atom. The Bertz CT molecular complexity index is 405. The quantitative estimate of drug-likeness (QED) is 0.878. The zero-order chi connectivity index (χ0) is 14.0. The van der Waals surface area contributed by atoms with Gasteiger partial charge in [0.05, 0.1) is 6.10 Å². The van der Waals surface area contributed by atoms with Gasteiger partial charge < -0.3 is 15.6 Å². The number of rotatable bonds is 4. The van der Waals surface area contributed by atoms with Crippen molar-refractivity contribution in [2.45, 2.75) is 26.3 Å². The van der Waals surface area contributed by atoms with Gasteiger partial charge >= 0.3 is 6.36 Å². The zero-order valence-corrected chi connectivity index (χ0v) is 10.2. The third kappa shape index (κ3) is 3.89. The Morgan fingerprint density at radius 3 is 2.44 bits per heavy atom. The number of halogens is 3. The lowest BCUT2D eigenvalue weighted by molar-refractivity contribution is -0.274. The van der Waals surface area contributed by atoms with Crippen LogP contribution in [0, 0.1) is 5.41 Å². The molecule has 1 rings (SSSR count). The Kier molecular flexibility index (Phi) is 4.24. The van der Waals surface area contributed by atoms with Gasteiger partial charge in [-0.1, -0.05) is 26.0 Å². The van der Waals surface area contributed by atoms with Crippen molar-refractivity contribution in [1.82, 2.24) is 0 Å². The number of hydrogen-bond donors (Lipinski definition) is 2. The van der Waals surface area contributed by atoms with Gasteiger partial charge in [0.15, 0.2) is 0 Å². The van der Waals surface area contributed by atoms with Crippen LogP contribution in [-0.4, -0.2) is 18.0 Å². The lowest BCUT2D eigenvalue weighted by Gasteiger charge is -2.29. The molecule has 0 bridgehead atoms. The Labute approximate surface area is 103 Å². The van der Waals surface area contributed by atoms with Gasteiger partial charge in [0.2, 0.25) is 0 Å². The fourth-order valence-electron chi connectivity index (χ4n) is 1.44. The molecule has 3 nitrogen and oxygen atoms in total. The van der Waals surface area contributed by atoms with E-state index in [0.717, 1.165) is 6.07 Å². The minimum Gasteiger partial charge on any atom is -0.406 e. The van der Waals surface area contributed by atoms with Crippen molar-refractivity contribution in [3.63, 3.8) is 0 Å². The molecule has 102 valence electrons. The molecule has 0 aliphatic rings. The van der Waals surface area contributed by atoms with Crippen LogP contribution in [0.5, 0.6) is 5.75 Å². The first kappa shape index (κ1) is 14.8. The van der Waals surface area contributed by atoms with Gasteiger partial charge in [0, 0.05) is 12.0 Å². The highest BCUT2D eigenvalue weighted by atomic mass is 19.4. The molecule has 3 N–H and O–H groups in total. The second-order valence-electron chi connectivity index (χ2n) is 4.72. The summed E-state index contributed by atoms with van der Waals surface area (Å²) in [4.78, 5) is 0. The fourth-order valence-corrected chi connectivity index (χ4v) is 1.44. The molecule has 0 aromatic heterocycles. The standard InChI is InChI=1S/C12H16F3NO2/c1-11(2,7-16)10(17)8-4-3-5-9(6-8)18-12(13,14)15/h3-6,10,17H,7,16H2,1-2H3. The molecule has 0 heterocycles. The molecule has 1 aromatic rings. The number of hydrogen-bond acceptors (Lipinski definition) is 3. The molecule has 1 aromatic carbocycles. The highest BCUT2D eigenvalue weighted by Crippen LogP contribution is 2.34. The van der Waals surface area contributed by atoms with Crippen molar-refractivity contribution in [1.29, 1.82) is 0 Å². The number of nitrogens with two attached hydrogens (primary N) is 1. The maximum Gasteiger partial charge on any atom is 0.573 e. The summed E-state index contributed by atoms with van der Waals surface area (Å²) in [5.41, 5.74) is 5.22. The largest absolute Gasteiger partial charge is 0.573 e. The van der Waals surface area contributed by atoms with Crippen LogP contribution in [-0.2, 0) is 0 Å². The van der Waals surface area contributed by atoms with E-state index in [2.05, 4.69) is 4.74 Å². The van der Waals surface area contributed by atoms with Crippen molar-refractivity contribution >= 4 is 0 Å². The van der Waals surface area contributed by atoms with Crippen molar-refractivity contribution in [2.75, 3.05) is 6.54 Å². The summed E-state index contributed by atoms with van der Waals surface area (Å²) in [7, 11) is 0. The number of aliphatic hydroxyl groups excluding tert-OH is 1. The highest BCUT2D eigenvalue weighted by molar-refractivity contribution is 5.30. The first-order valence-electron chi connectivity index (χ1n) is 5.39. The molecule has 1 unspecified atom stereocenters. The molecular weight excluding hydrogens is 247 g/mol. The first-order chi connectivity index (χ1) is 8.15. The van der Waals surface area contributed by atoms with Crippen molar-refractivity contribution in [2.24, 2.45) is 11.1 Å². The smallest absolute Gasteiger partial charge is 0.406 e. The third-order valence-corrected chi connectivity index (χ3v) is 2.67. The Hall–Kier alpha value is -1.27. The summed E-state index contributed by atoms with van der Waals surface area (Å²) in [6.07, 6.45) is -5.70. The molecule has 0 aliphatic carbocycles. The van der Waals surface area contributed by atoms with Crippen molar-refractivity contribution in [3.05, 3.63) is 29.8 Å². The van der Waals surface area contributed by atoms with E-state index in [0.29, 0.717) is 5.56 Å². The average Bonchev–Trinajstić information content (AvgIpc) is 2.26. The Morgan fingerprint density at radius 2 is 1.94 bits per heavy atom. The van der Waals surface area contributed by atoms with E-state index in [1.54, 1.807) is 13.8 Å². The van der Waals surface area contributed by atoms with E-state index < -0.39 is 17.9 Å². The average molecular weight is 263 g/mol. The summed E-state index contributed by atoms with van der Waals surface area (Å²) < 4.78 is 40.0. The van der Waals surface area contributed by atoms with Crippen LogP contribution in [0.4, 0.5) is 13.2 Å².